The van der Waals surface area contributed by atoms with E-state index in [4.69, 9.17) is 9.68 Å². The van der Waals surface area contributed by atoms with Crippen LogP contribution in [0.3, 0.4) is 0 Å². The fourth-order valence-corrected chi connectivity index (χ4v) is 1.89. The molecule has 0 N–H and O–H groups in total. The number of hydrogen-bond donors (Lipinski definition) is 0. The Morgan fingerprint density at radius 2 is 2.00 bits per heavy atom. The van der Waals surface area contributed by atoms with E-state index in [0.29, 0.717) is 11.8 Å². The van der Waals surface area contributed by atoms with Crippen LogP contribution >= 0.6 is 0 Å². The van der Waals surface area contributed by atoms with Crippen molar-refractivity contribution < 1.29 is 18.0 Å². The molecule has 0 atom stereocenters. The second-order valence-corrected chi connectivity index (χ2v) is 4.37. The number of carbonyl (C=O) groups excluding carboxylic acids is 1. The summed E-state index contributed by atoms with van der Waals surface area (Å²) in [6, 6.07) is 7.91. The van der Waals surface area contributed by atoms with Crippen LogP contribution in [0, 0.1) is 23.0 Å². The fourth-order valence-electron chi connectivity index (χ4n) is 1.89. The van der Waals surface area contributed by atoms with E-state index in [-0.39, 0.29) is 25.1 Å². The highest BCUT2D eigenvalue weighted by Gasteiger charge is 2.18. The summed E-state index contributed by atoms with van der Waals surface area (Å²) < 4.78 is 31.6. The molecule has 0 unspecified atom stereocenters. The maximum absolute atomic E-state index is 13.2. The van der Waals surface area contributed by atoms with E-state index in [9.17, 15) is 13.6 Å². The normalized spacial score (nSPS) is 10.1. The van der Waals surface area contributed by atoms with E-state index < -0.39 is 17.5 Å². The SMILES string of the molecule is N#CCCN(Cc1ccco1)C(=O)c1cc(F)cc(F)c1. The zero-order valence-electron chi connectivity index (χ0n) is 11.1. The van der Waals surface area contributed by atoms with Gasteiger partial charge < -0.3 is 9.32 Å². The topological polar surface area (TPSA) is 57.2 Å². The molecule has 0 aliphatic carbocycles. The van der Waals surface area contributed by atoms with Crippen molar-refractivity contribution in [3.63, 3.8) is 0 Å². The largest absolute Gasteiger partial charge is 0.467 e. The van der Waals surface area contributed by atoms with Gasteiger partial charge in [-0.15, -0.1) is 0 Å². The van der Waals surface area contributed by atoms with E-state index in [1.165, 1.54) is 11.2 Å². The van der Waals surface area contributed by atoms with Gasteiger partial charge in [0, 0.05) is 18.2 Å². The lowest BCUT2D eigenvalue weighted by Gasteiger charge is -2.20. The second kappa shape index (κ2) is 6.66. The third-order valence-corrected chi connectivity index (χ3v) is 2.82. The third kappa shape index (κ3) is 3.89. The first-order chi connectivity index (χ1) is 10.1. The smallest absolute Gasteiger partial charge is 0.254 e. The van der Waals surface area contributed by atoms with Crippen molar-refractivity contribution in [1.29, 1.82) is 5.26 Å². The standard InChI is InChI=1S/C15H12F2N2O2/c16-12-7-11(8-13(17)9-12)15(20)19(5-2-4-18)10-14-3-1-6-21-14/h1,3,6-9H,2,5,10H2. The van der Waals surface area contributed by atoms with E-state index in [2.05, 4.69) is 0 Å². The molecule has 0 aliphatic rings. The molecule has 1 aromatic heterocycles. The molecule has 0 bridgehead atoms. The number of furan rings is 1. The molecule has 0 spiro atoms. The first-order valence-corrected chi connectivity index (χ1v) is 6.25. The van der Waals surface area contributed by atoms with Crippen LogP contribution in [0.1, 0.15) is 22.5 Å². The first kappa shape index (κ1) is 14.7. The summed E-state index contributed by atoms with van der Waals surface area (Å²) in [5.74, 6) is -1.67. The van der Waals surface area contributed by atoms with E-state index in [0.717, 1.165) is 12.1 Å². The van der Waals surface area contributed by atoms with Crippen LogP contribution in [0.25, 0.3) is 0 Å². The van der Waals surface area contributed by atoms with Crippen molar-refractivity contribution in [2.24, 2.45) is 0 Å². The van der Waals surface area contributed by atoms with Crippen molar-refractivity contribution in [3.05, 3.63) is 59.6 Å². The summed E-state index contributed by atoms with van der Waals surface area (Å²) in [6.07, 6.45) is 1.58. The van der Waals surface area contributed by atoms with E-state index >= 15 is 0 Å². The average Bonchev–Trinajstić information content (AvgIpc) is 2.94. The lowest BCUT2D eigenvalue weighted by Crippen LogP contribution is -2.31. The van der Waals surface area contributed by atoms with Crippen molar-refractivity contribution in [1.82, 2.24) is 4.90 Å². The molecule has 0 saturated heterocycles. The molecule has 0 aliphatic heterocycles. The maximum atomic E-state index is 13.2. The van der Waals surface area contributed by atoms with Gasteiger partial charge in [-0.2, -0.15) is 5.26 Å². The summed E-state index contributed by atoms with van der Waals surface area (Å²) in [6.45, 7) is 0.278. The summed E-state index contributed by atoms with van der Waals surface area (Å²) in [4.78, 5) is 13.6. The van der Waals surface area contributed by atoms with Gasteiger partial charge in [0.05, 0.1) is 25.3 Å². The summed E-state index contributed by atoms with van der Waals surface area (Å²) in [5, 5.41) is 8.65. The maximum Gasteiger partial charge on any atom is 0.254 e. The van der Waals surface area contributed by atoms with Gasteiger partial charge in [0.2, 0.25) is 0 Å². The minimum atomic E-state index is -0.823. The van der Waals surface area contributed by atoms with Crippen molar-refractivity contribution in [2.45, 2.75) is 13.0 Å². The number of carbonyl (C=O) groups is 1. The van der Waals surface area contributed by atoms with Gasteiger partial charge in [-0.05, 0) is 24.3 Å². The van der Waals surface area contributed by atoms with Crippen LogP contribution in [-0.4, -0.2) is 17.4 Å². The van der Waals surface area contributed by atoms with Gasteiger partial charge in [0.25, 0.3) is 5.91 Å². The Morgan fingerprint density at radius 1 is 1.29 bits per heavy atom. The van der Waals surface area contributed by atoms with Crippen molar-refractivity contribution >= 4 is 5.91 Å². The van der Waals surface area contributed by atoms with E-state index in [1.54, 1.807) is 12.1 Å². The molecule has 0 fully saturated rings. The Morgan fingerprint density at radius 3 is 2.57 bits per heavy atom. The molecular formula is C15H12F2N2O2. The third-order valence-electron chi connectivity index (χ3n) is 2.82. The van der Waals surface area contributed by atoms with Crippen LogP contribution in [0.5, 0.6) is 0 Å². The molecular weight excluding hydrogens is 278 g/mol. The van der Waals surface area contributed by atoms with Crippen LogP contribution in [-0.2, 0) is 6.54 Å². The Labute approximate surface area is 120 Å². The lowest BCUT2D eigenvalue weighted by molar-refractivity contribution is 0.0734. The number of hydrogen-bond acceptors (Lipinski definition) is 3. The van der Waals surface area contributed by atoms with E-state index in [1.807, 2.05) is 6.07 Å². The lowest BCUT2D eigenvalue weighted by atomic mass is 10.1. The quantitative estimate of drug-likeness (QED) is 0.850. The van der Waals surface area contributed by atoms with Crippen LogP contribution in [0.15, 0.2) is 41.0 Å². The summed E-state index contributed by atoms with van der Waals surface area (Å²) in [7, 11) is 0. The molecule has 6 heteroatoms. The molecule has 4 nitrogen and oxygen atoms in total. The van der Waals surface area contributed by atoms with Crippen LogP contribution in [0.4, 0.5) is 8.78 Å². The zero-order chi connectivity index (χ0) is 15.2. The zero-order valence-corrected chi connectivity index (χ0v) is 11.1. The Balaban J connectivity index is 2.22. The Hall–Kier alpha value is -2.68. The van der Waals surface area contributed by atoms with Crippen LogP contribution < -0.4 is 0 Å². The molecule has 2 aromatic rings. The highest BCUT2D eigenvalue weighted by atomic mass is 19.1. The van der Waals surface area contributed by atoms with Gasteiger partial charge in [-0.3, -0.25) is 4.79 Å². The predicted octanol–water partition coefficient (Wildman–Crippen LogP) is 3.11. The summed E-state index contributed by atoms with van der Waals surface area (Å²) in [5.41, 5.74) is -0.100. The fraction of sp³-hybridized carbons (Fsp3) is 0.200. The number of benzene rings is 1. The Kier molecular flexibility index (Phi) is 4.67. The number of halogens is 2. The molecule has 21 heavy (non-hydrogen) atoms. The molecule has 1 heterocycles. The van der Waals surface area contributed by atoms with Gasteiger partial charge in [0.15, 0.2) is 0 Å². The Bertz CT molecular complexity index is 643. The number of amides is 1. The van der Waals surface area contributed by atoms with Gasteiger partial charge in [0.1, 0.15) is 17.4 Å². The average molecular weight is 290 g/mol. The van der Waals surface area contributed by atoms with Crippen molar-refractivity contribution in [3.8, 4) is 6.07 Å². The molecule has 1 amide bonds. The minimum absolute atomic E-state index is 0.100. The van der Waals surface area contributed by atoms with Gasteiger partial charge >= 0.3 is 0 Å². The first-order valence-electron chi connectivity index (χ1n) is 6.25. The van der Waals surface area contributed by atoms with Gasteiger partial charge in [-0.1, -0.05) is 0 Å². The monoisotopic (exact) mass is 290 g/mol. The molecule has 0 radical (unpaired) electrons. The highest BCUT2D eigenvalue weighted by Crippen LogP contribution is 2.14. The van der Waals surface area contributed by atoms with Gasteiger partial charge in [-0.25, -0.2) is 8.78 Å². The minimum Gasteiger partial charge on any atom is -0.467 e. The number of nitrogens with zero attached hydrogens (tertiary/aromatic N) is 2. The molecule has 1 aromatic carbocycles. The molecule has 2 rings (SSSR count). The highest BCUT2D eigenvalue weighted by molar-refractivity contribution is 5.94. The second-order valence-electron chi connectivity index (χ2n) is 4.37. The molecule has 108 valence electrons. The number of rotatable bonds is 5. The van der Waals surface area contributed by atoms with Crippen LogP contribution in [0.2, 0.25) is 0 Å². The predicted molar refractivity (Wildman–Crippen MR) is 70.0 cm³/mol. The molecule has 0 saturated carbocycles. The van der Waals surface area contributed by atoms with Crippen molar-refractivity contribution in [2.75, 3.05) is 6.54 Å². The summed E-state index contributed by atoms with van der Waals surface area (Å²) >= 11 is 0. The number of nitriles is 1.